The fourth-order valence-electron chi connectivity index (χ4n) is 0.593. The van der Waals surface area contributed by atoms with Crippen LogP contribution in [0.25, 0.3) is 0 Å². The third kappa shape index (κ3) is 3.96. The van der Waals surface area contributed by atoms with Crippen molar-refractivity contribution in [3.05, 3.63) is 25.1 Å². The molecule has 16 heavy (non-hydrogen) atoms. The lowest BCUT2D eigenvalue weighted by molar-refractivity contribution is 0.476. The van der Waals surface area contributed by atoms with Crippen LogP contribution < -0.4 is 11.5 Å². The zero-order chi connectivity index (χ0) is 13.0. The van der Waals surface area contributed by atoms with Crippen molar-refractivity contribution in [1.29, 1.82) is 5.41 Å². The number of rotatable bonds is 0. The first kappa shape index (κ1) is 15.7. The van der Waals surface area contributed by atoms with Crippen molar-refractivity contribution in [3.63, 3.8) is 0 Å². The van der Waals surface area contributed by atoms with E-state index in [2.05, 4.69) is 11.5 Å². The minimum atomic E-state index is -0.363. The Kier molecular flexibility index (Phi) is 6.36. The van der Waals surface area contributed by atoms with Gasteiger partial charge in [-0.05, 0) is 0 Å². The molecule has 1 rings (SSSR count). The Hall–Kier alpha value is -0.260. The summed E-state index contributed by atoms with van der Waals surface area (Å²) in [6.45, 7) is 0. The summed E-state index contributed by atoms with van der Waals surface area (Å²) in [5, 5.41) is 15.1. The number of guanidine groups is 1. The van der Waals surface area contributed by atoms with Crippen LogP contribution in [0.4, 0.5) is 0 Å². The van der Waals surface area contributed by atoms with Crippen molar-refractivity contribution >= 4 is 64.0 Å². The van der Waals surface area contributed by atoms with Crippen molar-refractivity contribution in [3.8, 4) is 5.75 Å². The summed E-state index contributed by atoms with van der Waals surface area (Å²) in [6, 6.07) is 0. The van der Waals surface area contributed by atoms with Gasteiger partial charge in [-0.15, -0.1) is 0 Å². The number of hydrogen-bond donors (Lipinski definition) is 4. The van der Waals surface area contributed by atoms with E-state index in [1.54, 1.807) is 0 Å². The molecule has 1 aromatic rings. The average Bonchev–Trinajstić information content (AvgIpc) is 2.20. The minimum absolute atomic E-state index is 0.00904. The summed E-state index contributed by atoms with van der Waals surface area (Å²) in [4.78, 5) is 0. The predicted molar refractivity (Wildman–Crippen MR) is 69.3 cm³/mol. The number of phenols is 1. The Bertz CT molecular complexity index is 314. The van der Waals surface area contributed by atoms with Crippen LogP contribution in [0.5, 0.6) is 5.75 Å². The van der Waals surface area contributed by atoms with Gasteiger partial charge in [0, 0.05) is 0 Å². The highest BCUT2D eigenvalue weighted by molar-refractivity contribution is 6.55. The number of phenolic OH excluding ortho intramolecular Hbond substituents is 1. The van der Waals surface area contributed by atoms with Gasteiger partial charge in [0.2, 0.25) is 0 Å². The van der Waals surface area contributed by atoms with Gasteiger partial charge >= 0.3 is 0 Å². The van der Waals surface area contributed by atoms with Crippen LogP contribution in [0.1, 0.15) is 0 Å². The molecule has 0 aromatic heterocycles. The Morgan fingerprint density at radius 3 is 1.25 bits per heavy atom. The highest BCUT2D eigenvalue weighted by Gasteiger charge is 2.18. The van der Waals surface area contributed by atoms with E-state index in [0.29, 0.717) is 0 Å². The van der Waals surface area contributed by atoms with E-state index >= 15 is 0 Å². The lowest BCUT2D eigenvalue weighted by Crippen LogP contribution is -2.20. The van der Waals surface area contributed by atoms with E-state index in [9.17, 15) is 5.11 Å². The van der Waals surface area contributed by atoms with E-state index in [0.717, 1.165) is 0 Å². The molecule has 0 atom stereocenters. The summed E-state index contributed by atoms with van der Waals surface area (Å²) in [5.74, 6) is -0.697. The summed E-state index contributed by atoms with van der Waals surface area (Å²) in [7, 11) is 0. The SMILES string of the molecule is N=C(N)N.Oc1c(Cl)c(Cl)c(Cl)c(Cl)c1Cl. The van der Waals surface area contributed by atoms with Gasteiger partial charge in [-0.1, -0.05) is 58.0 Å². The van der Waals surface area contributed by atoms with Crippen LogP contribution in [0.2, 0.25) is 25.1 Å². The Morgan fingerprint density at radius 1 is 0.812 bits per heavy atom. The van der Waals surface area contributed by atoms with E-state index in [1.165, 1.54) is 0 Å². The molecule has 0 spiro atoms. The van der Waals surface area contributed by atoms with Crippen molar-refractivity contribution in [2.45, 2.75) is 0 Å². The van der Waals surface area contributed by atoms with Gasteiger partial charge in [-0.25, -0.2) is 0 Å². The van der Waals surface area contributed by atoms with Gasteiger partial charge in [0.1, 0.15) is 10.0 Å². The maximum atomic E-state index is 9.20. The third-order valence-electron chi connectivity index (χ3n) is 1.19. The lowest BCUT2D eigenvalue weighted by Gasteiger charge is -2.06. The molecule has 0 saturated carbocycles. The second-order valence-corrected chi connectivity index (χ2v) is 4.26. The topological polar surface area (TPSA) is 96.1 Å². The molecular weight excluding hydrogens is 319 g/mol. The predicted octanol–water partition coefficient (Wildman–Crippen LogP) is 3.50. The molecule has 4 nitrogen and oxygen atoms in total. The smallest absolute Gasteiger partial charge is 0.183 e. The standard InChI is InChI=1S/C6HCl5O.CH5N3/c7-1-2(8)4(10)6(12)5(11)3(1)9;2-1(3)4/h12H;(H5,2,3,4). The summed E-state index contributed by atoms with van der Waals surface area (Å²) < 4.78 is 0. The molecule has 0 aliphatic heterocycles. The summed E-state index contributed by atoms with van der Waals surface area (Å²) in [6.07, 6.45) is 0. The number of nitrogens with two attached hydrogens (primary N) is 2. The first-order chi connectivity index (χ1) is 7.20. The molecule has 0 amide bonds. The molecule has 1 aromatic carbocycles. The zero-order valence-corrected chi connectivity index (χ0v) is 11.3. The minimum Gasteiger partial charge on any atom is -0.505 e. The van der Waals surface area contributed by atoms with Crippen LogP contribution >= 0.6 is 58.0 Å². The third-order valence-corrected chi connectivity index (χ3v) is 3.44. The average molecular weight is 325 g/mol. The molecule has 0 radical (unpaired) electrons. The van der Waals surface area contributed by atoms with Gasteiger partial charge in [-0.2, -0.15) is 0 Å². The second-order valence-electron chi connectivity index (χ2n) is 2.37. The molecule has 0 aliphatic rings. The fraction of sp³-hybridized carbons (Fsp3) is 0. The molecule has 0 unspecified atom stereocenters. The Labute approximate surface area is 116 Å². The molecule has 6 N–H and O–H groups in total. The van der Waals surface area contributed by atoms with E-state index in [1.807, 2.05) is 0 Å². The fourth-order valence-corrected chi connectivity index (χ4v) is 1.72. The molecule has 90 valence electrons. The van der Waals surface area contributed by atoms with Crippen LogP contribution in [0.15, 0.2) is 0 Å². The zero-order valence-electron chi connectivity index (χ0n) is 7.49. The van der Waals surface area contributed by atoms with Gasteiger partial charge in [-0.3, -0.25) is 5.41 Å². The van der Waals surface area contributed by atoms with E-state index in [-0.39, 0.29) is 36.8 Å². The molecule has 0 bridgehead atoms. The van der Waals surface area contributed by atoms with Crippen molar-refractivity contribution in [2.24, 2.45) is 11.5 Å². The van der Waals surface area contributed by atoms with E-state index in [4.69, 9.17) is 63.4 Å². The highest BCUT2D eigenvalue weighted by atomic mass is 35.5. The highest BCUT2D eigenvalue weighted by Crippen LogP contribution is 2.47. The molecule has 9 heteroatoms. The van der Waals surface area contributed by atoms with Crippen LogP contribution in [-0.4, -0.2) is 11.1 Å². The van der Waals surface area contributed by atoms with E-state index < -0.39 is 0 Å². The number of benzene rings is 1. The largest absolute Gasteiger partial charge is 0.505 e. The van der Waals surface area contributed by atoms with Crippen LogP contribution in [0, 0.1) is 5.41 Å². The maximum absolute atomic E-state index is 9.20. The van der Waals surface area contributed by atoms with Crippen molar-refractivity contribution in [2.75, 3.05) is 0 Å². The quantitative estimate of drug-likeness (QED) is 0.254. The molecule has 0 saturated heterocycles. The second kappa shape index (κ2) is 6.47. The maximum Gasteiger partial charge on any atom is 0.183 e. The molecule has 0 aliphatic carbocycles. The van der Waals surface area contributed by atoms with Gasteiger partial charge in [0.25, 0.3) is 0 Å². The monoisotopic (exact) mass is 323 g/mol. The normalized spacial score (nSPS) is 9.31. The van der Waals surface area contributed by atoms with Crippen LogP contribution in [0.3, 0.4) is 0 Å². The van der Waals surface area contributed by atoms with Crippen LogP contribution in [-0.2, 0) is 0 Å². The summed E-state index contributed by atoms with van der Waals surface area (Å²) >= 11 is 27.9. The van der Waals surface area contributed by atoms with Gasteiger partial charge < -0.3 is 16.6 Å². The number of halogens is 5. The number of nitrogens with one attached hydrogen (secondary N) is 1. The molecular formula is C7H6Cl5N3O. The van der Waals surface area contributed by atoms with Crippen molar-refractivity contribution < 1.29 is 5.11 Å². The Balaban J connectivity index is 0.000000487. The first-order valence-corrected chi connectivity index (χ1v) is 5.39. The number of aromatic hydroxyl groups is 1. The Morgan fingerprint density at radius 2 is 1.00 bits per heavy atom. The van der Waals surface area contributed by atoms with Gasteiger partial charge in [0.15, 0.2) is 11.7 Å². The van der Waals surface area contributed by atoms with Crippen molar-refractivity contribution in [1.82, 2.24) is 0 Å². The lowest BCUT2D eigenvalue weighted by atomic mass is 10.3. The molecule has 0 heterocycles. The molecule has 0 fully saturated rings. The number of hydrogen-bond acceptors (Lipinski definition) is 2. The van der Waals surface area contributed by atoms with Gasteiger partial charge in [0.05, 0.1) is 15.1 Å². The summed E-state index contributed by atoms with van der Waals surface area (Å²) in [5.41, 5.74) is 8.94. The first-order valence-electron chi connectivity index (χ1n) is 3.50.